The van der Waals surface area contributed by atoms with Crippen molar-refractivity contribution in [1.29, 1.82) is 0 Å². The quantitative estimate of drug-likeness (QED) is 0.763. The molecule has 0 radical (unpaired) electrons. The fourth-order valence-electron chi connectivity index (χ4n) is 2.15. The van der Waals surface area contributed by atoms with Gasteiger partial charge in [-0.3, -0.25) is 9.69 Å². The lowest BCUT2D eigenvalue weighted by Gasteiger charge is -2.29. The van der Waals surface area contributed by atoms with Gasteiger partial charge in [0.1, 0.15) is 12.1 Å². The first kappa shape index (κ1) is 17.7. The Morgan fingerprint density at radius 1 is 1.48 bits per heavy atom. The molecule has 0 aromatic heterocycles. The Bertz CT molecular complexity index is 361. The highest BCUT2D eigenvalue weighted by Crippen LogP contribution is 2.11. The van der Waals surface area contributed by atoms with Crippen molar-refractivity contribution in [2.45, 2.75) is 51.8 Å². The number of ether oxygens (including phenoxy) is 2. The Balaban J connectivity index is 2.55. The van der Waals surface area contributed by atoms with E-state index in [1.54, 1.807) is 20.8 Å². The number of rotatable bonds is 6. The summed E-state index contributed by atoms with van der Waals surface area (Å²) in [4.78, 5) is 24.2. The molecular formula is C14H26N2O5. The van der Waals surface area contributed by atoms with Gasteiger partial charge in [0.05, 0.1) is 6.61 Å². The SMILES string of the molecule is CC(CN(CC(=O)O)C(=O)OC(C)(C)C)N[C@@H]1CCOC1. The molecule has 1 saturated heterocycles. The number of amides is 1. The molecule has 1 aliphatic heterocycles. The fraction of sp³-hybridized carbons (Fsp3) is 0.857. The zero-order chi connectivity index (χ0) is 16.0. The van der Waals surface area contributed by atoms with Crippen LogP contribution in [0.5, 0.6) is 0 Å². The van der Waals surface area contributed by atoms with E-state index in [1.807, 2.05) is 6.92 Å². The molecular weight excluding hydrogens is 276 g/mol. The summed E-state index contributed by atoms with van der Waals surface area (Å²) in [7, 11) is 0. The minimum Gasteiger partial charge on any atom is -0.480 e. The normalized spacial score (nSPS) is 20.1. The van der Waals surface area contributed by atoms with Gasteiger partial charge in [-0.15, -0.1) is 0 Å². The lowest BCUT2D eigenvalue weighted by molar-refractivity contribution is -0.138. The summed E-state index contributed by atoms with van der Waals surface area (Å²) in [5, 5.41) is 12.3. The van der Waals surface area contributed by atoms with Crippen molar-refractivity contribution in [2.24, 2.45) is 0 Å². The van der Waals surface area contributed by atoms with Crippen LogP contribution in [0.2, 0.25) is 0 Å². The number of nitrogens with one attached hydrogen (secondary N) is 1. The van der Waals surface area contributed by atoms with Crippen molar-refractivity contribution in [3.63, 3.8) is 0 Å². The molecule has 2 atom stereocenters. The molecule has 0 spiro atoms. The van der Waals surface area contributed by atoms with E-state index in [0.717, 1.165) is 13.0 Å². The second-order valence-corrected chi connectivity index (χ2v) is 6.38. The summed E-state index contributed by atoms with van der Waals surface area (Å²) in [6, 6.07) is 0.217. The number of carbonyl (C=O) groups is 2. The molecule has 1 rings (SSSR count). The predicted octanol–water partition coefficient (Wildman–Crippen LogP) is 1.08. The summed E-state index contributed by atoms with van der Waals surface area (Å²) in [6.45, 7) is 8.45. The molecule has 0 aromatic rings. The van der Waals surface area contributed by atoms with E-state index in [9.17, 15) is 9.59 Å². The summed E-state index contributed by atoms with van der Waals surface area (Å²) >= 11 is 0. The van der Waals surface area contributed by atoms with Gasteiger partial charge in [-0.2, -0.15) is 0 Å². The van der Waals surface area contributed by atoms with Gasteiger partial charge in [0.15, 0.2) is 0 Å². The lowest BCUT2D eigenvalue weighted by atomic mass is 10.2. The van der Waals surface area contributed by atoms with E-state index in [2.05, 4.69) is 5.32 Å². The zero-order valence-electron chi connectivity index (χ0n) is 13.2. The topological polar surface area (TPSA) is 88.1 Å². The molecule has 21 heavy (non-hydrogen) atoms. The Hall–Kier alpha value is -1.34. The van der Waals surface area contributed by atoms with Gasteiger partial charge >= 0.3 is 12.1 Å². The molecule has 0 bridgehead atoms. The number of hydrogen-bond donors (Lipinski definition) is 2. The van der Waals surface area contributed by atoms with Crippen LogP contribution in [0.15, 0.2) is 0 Å². The number of carboxylic acids is 1. The van der Waals surface area contributed by atoms with Gasteiger partial charge in [0.25, 0.3) is 0 Å². The summed E-state index contributed by atoms with van der Waals surface area (Å²) in [5.41, 5.74) is -0.649. The van der Waals surface area contributed by atoms with Crippen molar-refractivity contribution < 1.29 is 24.2 Å². The molecule has 1 fully saturated rings. The first-order chi connectivity index (χ1) is 9.67. The second-order valence-electron chi connectivity index (χ2n) is 6.38. The van der Waals surface area contributed by atoms with E-state index in [4.69, 9.17) is 14.6 Å². The van der Waals surface area contributed by atoms with Crippen LogP contribution in [0.25, 0.3) is 0 Å². The molecule has 0 aliphatic carbocycles. The van der Waals surface area contributed by atoms with Gasteiger partial charge in [-0.1, -0.05) is 0 Å². The maximum atomic E-state index is 12.1. The molecule has 1 amide bonds. The highest BCUT2D eigenvalue weighted by atomic mass is 16.6. The highest BCUT2D eigenvalue weighted by Gasteiger charge is 2.26. The maximum Gasteiger partial charge on any atom is 0.410 e. The molecule has 1 heterocycles. The third-order valence-electron chi connectivity index (χ3n) is 2.92. The van der Waals surface area contributed by atoms with Gasteiger partial charge in [0.2, 0.25) is 0 Å². The molecule has 122 valence electrons. The van der Waals surface area contributed by atoms with Gasteiger partial charge < -0.3 is 19.9 Å². The largest absolute Gasteiger partial charge is 0.480 e. The maximum absolute atomic E-state index is 12.1. The summed E-state index contributed by atoms with van der Waals surface area (Å²) < 4.78 is 10.5. The Morgan fingerprint density at radius 2 is 2.14 bits per heavy atom. The Labute approximate surface area is 125 Å². The van der Waals surface area contributed by atoms with Crippen LogP contribution in [0, 0.1) is 0 Å². The van der Waals surface area contributed by atoms with Crippen LogP contribution in [-0.4, -0.2) is 66.1 Å². The van der Waals surface area contributed by atoms with Crippen LogP contribution in [0.1, 0.15) is 34.1 Å². The lowest BCUT2D eigenvalue weighted by Crippen LogP contribution is -2.48. The minimum atomic E-state index is -1.06. The minimum absolute atomic E-state index is 0.0384. The number of aliphatic carboxylic acids is 1. The number of carboxylic acid groups (broad SMARTS) is 1. The predicted molar refractivity (Wildman–Crippen MR) is 77.3 cm³/mol. The molecule has 0 saturated carbocycles. The molecule has 7 heteroatoms. The van der Waals surface area contributed by atoms with Crippen molar-refractivity contribution in [2.75, 3.05) is 26.3 Å². The number of carbonyl (C=O) groups excluding carboxylic acids is 1. The monoisotopic (exact) mass is 302 g/mol. The van der Waals surface area contributed by atoms with Crippen LogP contribution in [0.4, 0.5) is 4.79 Å². The second kappa shape index (κ2) is 7.61. The zero-order valence-corrected chi connectivity index (χ0v) is 13.2. The molecule has 7 nitrogen and oxygen atoms in total. The molecule has 0 aromatic carbocycles. The summed E-state index contributed by atoms with van der Waals surface area (Å²) in [5.74, 6) is -1.06. The molecule has 1 unspecified atom stereocenters. The van der Waals surface area contributed by atoms with E-state index in [-0.39, 0.29) is 25.2 Å². The van der Waals surface area contributed by atoms with Crippen molar-refractivity contribution in [3.8, 4) is 0 Å². The van der Waals surface area contributed by atoms with Gasteiger partial charge in [0, 0.05) is 25.2 Å². The van der Waals surface area contributed by atoms with Gasteiger partial charge in [-0.25, -0.2) is 4.79 Å². The van der Waals surface area contributed by atoms with Crippen LogP contribution in [0.3, 0.4) is 0 Å². The first-order valence-electron chi connectivity index (χ1n) is 7.21. The smallest absolute Gasteiger partial charge is 0.410 e. The van der Waals surface area contributed by atoms with E-state index >= 15 is 0 Å². The van der Waals surface area contributed by atoms with Gasteiger partial charge in [-0.05, 0) is 34.1 Å². The van der Waals surface area contributed by atoms with Crippen molar-refractivity contribution >= 4 is 12.1 Å². The number of nitrogens with zero attached hydrogens (tertiary/aromatic N) is 1. The summed E-state index contributed by atoms with van der Waals surface area (Å²) in [6.07, 6.45) is 0.316. The highest BCUT2D eigenvalue weighted by molar-refractivity contribution is 5.76. The fourth-order valence-corrected chi connectivity index (χ4v) is 2.15. The first-order valence-corrected chi connectivity index (χ1v) is 7.21. The standard InChI is InChI=1S/C14H26N2O5/c1-10(15-11-5-6-20-9-11)7-16(8-12(17)18)13(19)21-14(2,3)4/h10-11,15H,5-9H2,1-4H3,(H,17,18)/t10?,11-/m1/s1. The third-order valence-corrected chi connectivity index (χ3v) is 2.92. The van der Waals surface area contributed by atoms with E-state index in [1.165, 1.54) is 4.90 Å². The van der Waals surface area contributed by atoms with Crippen LogP contribution in [-0.2, 0) is 14.3 Å². The third kappa shape index (κ3) is 7.29. The molecule has 2 N–H and O–H groups in total. The Kier molecular flexibility index (Phi) is 6.42. The molecule has 1 aliphatic rings. The van der Waals surface area contributed by atoms with E-state index in [0.29, 0.717) is 6.61 Å². The average molecular weight is 302 g/mol. The van der Waals surface area contributed by atoms with Crippen LogP contribution < -0.4 is 5.32 Å². The Morgan fingerprint density at radius 3 is 2.62 bits per heavy atom. The average Bonchev–Trinajstić information content (AvgIpc) is 2.77. The van der Waals surface area contributed by atoms with Crippen LogP contribution >= 0.6 is 0 Å². The van der Waals surface area contributed by atoms with E-state index < -0.39 is 17.7 Å². The van der Waals surface area contributed by atoms with Crippen molar-refractivity contribution in [1.82, 2.24) is 10.2 Å². The number of hydrogen-bond acceptors (Lipinski definition) is 5. The van der Waals surface area contributed by atoms with Crippen molar-refractivity contribution in [3.05, 3.63) is 0 Å².